The third-order valence-corrected chi connectivity index (χ3v) is 6.02. The molecule has 154 valence electrons. The first kappa shape index (κ1) is 19.6. The van der Waals surface area contributed by atoms with Crippen molar-refractivity contribution in [2.24, 2.45) is 0 Å². The third-order valence-electron chi connectivity index (χ3n) is 6.02. The van der Waals surface area contributed by atoms with Gasteiger partial charge in [-0.05, 0) is 50.2 Å². The molecule has 5 rings (SSSR count). The largest absolute Gasteiger partial charge is 0.435 e. The van der Waals surface area contributed by atoms with Gasteiger partial charge in [-0.15, -0.1) is 0 Å². The minimum atomic E-state index is 0.718. The Morgan fingerprint density at radius 3 is 2.35 bits per heavy atom. The van der Waals surface area contributed by atoms with Gasteiger partial charge in [0, 0.05) is 16.7 Å². The monoisotopic (exact) mass is 405 g/mol. The van der Waals surface area contributed by atoms with Crippen molar-refractivity contribution < 1.29 is 4.42 Å². The smallest absolute Gasteiger partial charge is 0.227 e. The van der Waals surface area contributed by atoms with Crippen LogP contribution in [-0.2, 0) is 0 Å². The van der Waals surface area contributed by atoms with E-state index in [-0.39, 0.29) is 0 Å². The molecule has 0 bridgehead atoms. The summed E-state index contributed by atoms with van der Waals surface area (Å²) in [5.74, 6) is 1.55. The molecule has 0 aliphatic heterocycles. The van der Waals surface area contributed by atoms with Crippen LogP contribution in [0.3, 0.4) is 0 Å². The SMILES string of the molecule is CC1=CCCCC(C2=C(c3nc(-c4ccccc4)c(-c4ccccc4)o3)C=CCC2)=C1. The van der Waals surface area contributed by atoms with Crippen LogP contribution in [-0.4, -0.2) is 4.98 Å². The van der Waals surface area contributed by atoms with Crippen molar-refractivity contribution in [1.82, 2.24) is 4.98 Å². The molecule has 2 heteroatoms. The molecule has 31 heavy (non-hydrogen) atoms. The zero-order chi connectivity index (χ0) is 21.0. The maximum atomic E-state index is 6.51. The number of rotatable bonds is 4. The molecule has 0 atom stereocenters. The van der Waals surface area contributed by atoms with Crippen LogP contribution in [0.4, 0.5) is 0 Å². The van der Waals surface area contributed by atoms with Crippen LogP contribution < -0.4 is 0 Å². The normalized spacial score (nSPS) is 16.7. The average Bonchev–Trinajstić information content (AvgIpc) is 3.16. The summed E-state index contributed by atoms with van der Waals surface area (Å²) in [5, 5.41) is 0. The third kappa shape index (κ3) is 4.11. The summed E-state index contributed by atoms with van der Waals surface area (Å²) in [4.78, 5) is 5.05. The lowest BCUT2D eigenvalue weighted by molar-refractivity contribution is 0.556. The van der Waals surface area contributed by atoms with Crippen molar-refractivity contribution in [3.8, 4) is 22.6 Å². The standard InChI is InChI=1S/C29H27NO/c1-21-12-8-9-17-24(20-21)25-18-10-11-19-26(25)29-30-27(22-13-4-2-5-14-22)28(31-29)23-15-6-3-7-16-23/h2-7,11-16,19-20H,8-10,17-18H2,1H3. The Balaban J connectivity index is 1.67. The van der Waals surface area contributed by atoms with Crippen LogP contribution in [0.5, 0.6) is 0 Å². The summed E-state index contributed by atoms with van der Waals surface area (Å²) < 4.78 is 6.51. The van der Waals surface area contributed by atoms with Crippen LogP contribution in [0.1, 0.15) is 44.9 Å². The highest BCUT2D eigenvalue weighted by molar-refractivity contribution is 5.82. The fraction of sp³-hybridized carbons (Fsp3) is 0.207. The van der Waals surface area contributed by atoms with E-state index in [1.165, 1.54) is 23.1 Å². The highest BCUT2D eigenvalue weighted by Crippen LogP contribution is 2.39. The predicted molar refractivity (Wildman–Crippen MR) is 128 cm³/mol. The van der Waals surface area contributed by atoms with Gasteiger partial charge in [0.25, 0.3) is 0 Å². The van der Waals surface area contributed by atoms with Gasteiger partial charge >= 0.3 is 0 Å². The second-order valence-electron chi connectivity index (χ2n) is 8.27. The molecular weight excluding hydrogens is 378 g/mol. The topological polar surface area (TPSA) is 26.0 Å². The lowest BCUT2D eigenvalue weighted by atomic mass is 9.88. The van der Waals surface area contributed by atoms with Gasteiger partial charge in [-0.3, -0.25) is 0 Å². The number of nitrogens with zero attached hydrogens (tertiary/aromatic N) is 1. The Kier molecular flexibility index (Phi) is 5.54. The summed E-state index contributed by atoms with van der Waals surface area (Å²) in [7, 11) is 0. The molecule has 0 fully saturated rings. The van der Waals surface area contributed by atoms with E-state index in [9.17, 15) is 0 Å². The Bertz CT molecular complexity index is 1130. The van der Waals surface area contributed by atoms with E-state index < -0.39 is 0 Å². The van der Waals surface area contributed by atoms with Crippen LogP contribution in [0.15, 0.2) is 106 Å². The van der Waals surface area contributed by atoms with Crippen molar-refractivity contribution >= 4 is 5.57 Å². The second kappa shape index (κ2) is 8.77. The van der Waals surface area contributed by atoms with E-state index in [1.54, 1.807) is 0 Å². The van der Waals surface area contributed by atoms with Gasteiger partial charge in [0.05, 0.1) is 0 Å². The minimum Gasteiger partial charge on any atom is -0.435 e. The van der Waals surface area contributed by atoms with Gasteiger partial charge in [-0.25, -0.2) is 4.98 Å². The highest BCUT2D eigenvalue weighted by atomic mass is 16.4. The second-order valence-corrected chi connectivity index (χ2v) is 8.27. The average molecular weight is 406 g/mol. The van der Waals surface area contributed by atoms with Crippen molar-refractivity contribution in [1.29, 1.82) is 0 Å². The van der Waals surface area contributed by atoms with Gasteiger partial charge in [-0.1, -0.05) is 90.5 Å². The first-order valence-electron chi connectivity index (χ1n) is 11.2. The number of hydrogen-bond acceptors (Lipinski definition) is 2. The molecule has 0 N–H and O–H groups in total. The molecule has 0 saturated carbocycles. The fourth-order valence-corrected chi connectivity index (χ4v) is 4.48. The number of allylic oxidation sites excluding steroid dienone is 8. The van der Waals surface area contributed by atoms with E-state index >= 15 is 0 Å². The zero-order valence-corrected chi connectivity index (χ0v) is 18.0. The van der Waals surface area contributed by atoms with E-state index in [0.29, 0.717) is 0 Å². The van der Waals surface area contributed by atoms with Gasteiger partial charge in [0.1, 0.15) is 5.69 Å². The van der Waals surface area contributed by atoms with Gasteiger partial charge in [0.2, 0.25) is 5.89 Å². The Morgan fingerprint density at radius 1 is 0.839 bits per heavy atom. The number of benzene rings is 2. The fourth-order valence-electron chi connectivity index (χ4n) is 4.48. The van der Waals surface area contributed by atoms with Crippen molar-refractivity contribution in [3.63, 3.8) is 0 Å². The van der Waals surface area contributed by atoms with Crippen molar-refractivity contribution in [2.75, 3.05) is 0 Å². The molecule has 1 heterocycles. The quantitative estimate of drug-likeness (QED) is 0.437. The molecule has 2 aliphatic carbocycles. The Hall–Kier alpha value is -3.39. The van der Waals surface area contributed by atoms with E-state index in [1.807, 2.05) is 24.3 Å². The number of aromatic nitrogens is 1. The summed E-state index contributed by atoms with van der Waals surface area (Å²) in [6, 6.07) is 20.6. The van der Waals surface area contributed by atoms with Crippen molar-refractivity contribution in [3.05, 3.63) is 108 Å². The van der Waals surface area contributed by atoms with E-state index in [0.717, 1.165) is 59.7 Å². The molecule has 0 saturated heterocycles. The first-order valence-corrected chi connectivity index (χ1v) is 11.2. The van der Waals surface area contributed by atoms with Crippen LogP contribution in [0.25, 0.3) is 28.2 Å². The molecule has 2 nitrogen and oxygen atoms in total. The lowest BCUT2D eigenvalue weighted by Crippen LogP contribution is -1.99. The molecule has 3 aromatic rings. The molecular formula is C29H27NO. The maximum absolute atomic E-state index is 6.51. The summed E-state index contributed by atoms with van der Waals surface area (Å²) in [6.45, 7) is 2.20. The first-order chi connectivity index (χ1) is 15.3. The zero-order valence-electron chi connectivity index (χ0n) is 18.0. The molecule has 2 aromatic carbocycles. The van der Waals surface area contributed by atoms with Crippen molar-refractivity contribution in [2.45, 2.75) is 39.0 Å². The van der Waals surface area contributed by atoms with Gasteiger partial charge in [0.15, 0.2) is 5.76 Å². The van der Waals surface area contributed by atoms with Crippen LogP contribution in [0.2, 0.25) is 0 Å². The molecule has 0 spiro atoms. The minimum absolute atomic E-state index is 0.718. The Labute approximate surface area is 184 Å². The molecule has 1 aromatic heterocycles. The molecule has 0 unspecified atom stereocenters. The molecule has 0 radical (unpaired) electrons. The number of hydrogen-bond donors (Lipinski definition) is 0. The van der Waals surface area contributed by atoms with Crippen LogP contribution >= 0.6 is 0 Å². The van der Waals surface area contributed by atoms with E-state index in [2.05, 4.69) is 67.6 Å². The van der Waals surface area contributed by atoms with Gasteiger partial charge in [-0.2, -0.15) is 0 Å². The van der Waals surface area contributed by atoms with Crippen LogP contribution in [0, 0.1) is 0 Å². The predicted octanol–water partition coefficient (Wildman–Crippen LogP) is 8.17. The highest BCUT2D eigenvalue weighted by Gasteiger charge is 2.23. The Morgan fingerprint density at radius 2 is 1.58 bits per heavy atom. The summed E-state index contributed by atoms with van der Waals surface area (Å²) >= 11 is 0. The van der Waals surface area contributed by atoms with Gasteiger partial charge < -0.3 is 4.42 Å². The van der Waals surface area contributed by atoms with E-state index in [4.69, 9.17) is 9.40 Å². The molecule has 0 amide bonds. The summed E-state index contributed by atoms with van der Waals surface area (Å²) in [6.07, 6.45) is 14.7. The maximum Gasteiger partial charge on any atom is 0.227 e. The summed E-state index contributed by atoms with van der Waals surface area (Å²) in [5.41, 5.74) is 8.34. The molecule has 2 aliphatic rings. The lowest BCUT2D eigenvalue weighted by Gasteiger charge is -2.17. The number of oxazole rings is 1.